The number of benzene rings is 2. The van der Waals surface area contributed by atoms with E-state index in [1.54, 1.807) is 7.11 Å². The van der Waals surface area contributed by atoms with E-state index in [0.717, 1.165) is 22.3 Å². The van der Waals surface area contributed by atoms with E-state index < -0.39 is 0 Å². The van der Waals surface area contributed by atoms with Crippen LogP contribution in [0.4, 0.5) is 5.69 Å². The summed E-state index contributed by atoms with van der Waals surface area (Å²) in [6.45, 7) is 0. The third-order valence-electron chi connectivity index (χ3n) is 3.43. The molecule has 3 heteroatoms. The van der Waals surface area contributed by atoms with Crippen LogP contribution in [0.5, 0.6) is 5.75 Å². The first kappa shape index (κ1) is 12.5. The number of nitrogens with zero attached hydrogens (tertiary/aromatic N) is 1. The largest absolute Gasteiger partial charge is 0.497 e. The normalized spacial score (nSPS) is 10.5. The molecule has 100 valence electrons. The number of fused-ring (bicyclic) bond motifs is 1. The Kier molecular flexibility index (Phi) is 3.25. The highest BCUT2D eigenvalue weighted by Crippen LogP contribution is 2.30. The molecule has 2 aromatic carbocycles. The average Bonchev–Trinajstić information content (AvgIpc) is 2.54. The topological polar surface area (TPSA) is 34.2 Å². The van der Waals surface area contributed by atoms with Crippen LogP contribution in [0.25, 0.3) is 22.0 Å². The Morgan fingerprint density at radius 2 is 1.80 bits per heavy atom. The number of methoxy groups -OCH3 is 1. The van der Waals surface area contributed by atoms with Gasteiger partial charge in [0.15, 0.2) is 0 Å². The van der Waals surface area contributed by atoms with Gasteiger partial charge in [0.1, 0.15) is 5.75 Å². The Bertz CT molecular complexity index is 736. The summed E-state index contributed by atoms with van der Waals surface area (Å²) in [7, 11) is 3.59. The third kappa shape index (κ3) is 2.18. The van der Waals surface area contributed by atoms with E-state index in [0.29, 0.717) is 0 Å². The predicted octanol–water partition coefficient (Wildman–Crippen LogP) is 3.95. The lowest BCUT2D eigenvalue weighted by molar-refractivity contribution is 0.415. The van der Waals surface area contributed by atoms with E-state index in [9.17, 15) is 0 Å². The number of anilines is 1. The number of pyridine rings is 1. The highest BCUT2D eigenvalue weighted by molar-refractivity contribution is 5.95. The fourth-order valence-corrected chi connectivity index (χ4v) is 2.32. The Morgan fingerprint density at radius 3 is 2.50 bits per heavy atom. The molecule has 0 aliphatic rings. The van der Waals surface area contributed by atoms with Crippen molar-refractivity contribution in [3.63, 3.8) is 0 Å². The number of hydrogen-bond donors (Lipinski definition) is 1. The Labute approximate surface area is 118 Å². The summed E-state index contributed by atoms with van der Waals surface area (Å²) in [6.07, 6.45) is 1.84. The SMILES string of the molecule is CNc1ccc(-c2ccnc3cc(OC)ccc23)cc1. The zero-order chi connectivity index (χ0) is 13.9. The molecule has 1 N–H and O–H groups in total. The first-order valence-corrected chi connectivity index (χ1v) is 6.53. The summed E-state index contributed by atoms with van der Waals surface area (Å²) < 4.78 is 5.25. The summed E-state index contributed by atoms with van der Waals surface area (Å²) in [6, 6.07) is 16.4. The van der Waals surface area contributed by atoms with Crippen LogP contribution in [0.3, 0.4) is 0 Å². The van der Waals surface area contributed by atoms with Gasteiger partial charge in [-0.15, -0.1) is 0 Å². The van der Waals surface area contributed by atoms with Crippen LogP contribution < -0.4 is 10.1 Å². The van der Waals surface area contributed by atoms with Crippen LogP contribution in [-0.2, 0) is 0 Å². The predicted molar refractivity (Wildman–Crippen MR) is 83.3 cm³/mol. The second kappa shape index (κ2) is 5.21. The van der Waals surface area contributed by atoms with Crippen molar-refractivity contribution in [3.8, 4) is 16.9 Å². The van der Waals surface area contributed by atoms with Gasteiger partial charge in [-0.2, -0.15) is 0 Å². The van der Waals surface area contributed by atoms with Crippen LogP contribution in [0.2, 0.25) is 0 Å². The monoisotopic (exact) mass is 264 g/mol. The zero-order valence-corrected chi connectivity index (χ0v) is 11.6. The number of rotatable bonds is 3. The molecule has 0 aliphatic carbocycles. The minimum atomic E-state index is 0.827. The standard InChI is InChI=1S/C17H16N2O/c1-18-13-5-3-12(4-6-13)15-9-10-19-17-11-14(20-2)7-8-16(15)17/h3-11,18H,1-2H3. The van der Waals surface area contributed by atoms with E-state index >= 15 is 0 Å². The van der Waals surface area contributed by atoms with Crippen molar-refractivity contribution in [3.05, 3.63) is 54.7 Å². The smallest absolute Gasteiger partial charge is 0.121 e. The lowest BCUT2D eigenvalue weighted by Crippen LogP contribution is -1.89. The van der Waals surface area contributed by atoms with Crippen molar-refractivity contribution in [1.29, 1.82) is 0 Å². The van der Waals surface area contributed by atoms with Gasteiger partial charge in [0, 0.05) is 30.4 Å². The van der Waals surface area contributed by atoms with Crippen molar-refractivity contribution in [2.75, 3.05) is 19.5 Å². The van der Waals surface area contributed by atoms with Gasteiger partial charge in [0.2, 0.25) is 0 Å². The molecule has 0 amide bonds. The Morgan fingerprint density at radius 1 is 1.00 bits per heavy atom. The van der Waals surface area contributed by atoms with Gasteiger partial charge < -0.3 is 10.1 Å². The molecule has 3 aromatic rings. The molecule has 0 aliphatic heterocycles. The molecule has 0 unspecified atom stereocenters. The molecular formula is C17H16N2O. The lowest BCUT2D eigenvalue weighted by atomic mass is 10.0. The Hall–Kier alpha value is -2.55. The lowest BCUT2D eigenvalue weighted by Gasteiger charge is -2.08. The van der Waals surface area contributed by atoms with Crippen molar-refractivity contribution in [1.82, 2.24) is 4.98 Å². The van der Waals surface area contributed by atoms with Gasteiger partial charge in [-0.05, 0) is 41.5 Å². The molecule has 0 saturated carbocycles. The minimum absolute atomic E-state index is 0.827. The summed E-state index contributed by atoms with van der Waals surface area (Å²) in [4.78, 5) is 4.42. The van der Waals surface area contributed by atoms with Crippen LogP contribution in [0.15, 0.2) is 54.7 Å². The molecule has 3 nitrogen and oxygen atoms in total. The molecule has 0 bridgehead atoms. The first-order chi connectivity index (χ1) is 9.81. The molecule has 3 rings (SSSR count). The fourth-order valence-electron chi connectivity index (χ4n) is 2.32. The minimum Gasteiger partial charge on any atom is -0.497 e. The molecule has 0 spiro atoms. The zero-order valence-electron chi connectivity index (χ0n) is 11.6. The first-order valence-electron chi connectivity index (χ1n) is 6.53. The van der Waals surface area contributed by atoms with E-state index in [1.807, 2.05) is 31.4 Å². The van der Waals surface area contributed by atoms with Gasteiger partial charge >= 0.3 is 0 Å². The molecule has 0 fully saturated rings. The maximum Gasteiger partial charge on any atom is 0.121 e. The second-order valence-corrected chi connectivity index (χ2v) is 4.57. The maximum absolute atomic E-state index is 5.25. The van der Waals surface area contributed by atoms with Crippen LogP contribution in [0, 0.1) is 0 Å². The fraction of sp³-hybridized carbons (Fsp3) is 0.118. The number of hydrogen-bond acceptors (Lipinski definition) is 3. The van der Waals surface area contributed by atoms with Crippen LogP contribution in [-0.4, -0.2) is 19.1 Å². The second-order valence-electron chi connectivity index (χ2n) is 4.57. The van der Waals surface area contributed by atoms with Crippen molar-refractivity contribution in [2.24, 2.45) is 0 Å². The van der Waals surface area contributed by atoms with E-state index in [4.69, 9.17) is 4.74 Å². The summed E-state index contributed by atoms with van der Waals surface area (Å²) in [5.41, 5.74) is 4.41. The number of nitrogens with one attached hydrogen (secondary N) is 1. The van der Waals surface area contributed by atoms with Crippen LogP contribution >= 0.6 is 0 Å². The highest BCUT2D eigenvalue weighted by Gasteiger charge is 2.05. The van der Waals surface area contributed by atoms with Gasteiger partial charge in [0.25, 0.3) is 0 Å². The van der Waals surface area contributed by atoms with Crippen LogP contribution in [0.1, 0.15) is 0 Å². The van der Waals surface area contributed by atoms with E-state index in [-0.39, 0.29) is 0 Å². The molecule has 1 heterocycles. The number of aromatic nitrogens is 1. The maximum atomic E-state index is 5.25. The Balaban J connectivity index is 2.14. The molecule has 0 atom stereocenters. The quantitative estimate of drug-likeness (QED) is 0.777. The van der Waals surface area contributed by atoms with Gasteiger partial charge in [0.05, 0.1) is 12.6 Å². The van der Waals surface area contributed by atoms with Crippen molar-refractivity contribution >= 4 is 16.6 Å². The van der Waals surface area contributed by atoms with Crippen molar-refractivity contribution < 1.29 is 4.74 Å². The van der Waals surface area contributed by atoms with E-state index in [1.165, 1.54) is 11.1 Å². The molecule has 0 saturated heterocycles. The highest BCUT2D eigenvalue weighted by atomic mass is 16.5. The molecular weight excluding hydrogens is 248 g/mol. The van der Waals surface area contributed by atoms with Gasteiger partial charge in [-0.3, -0.25) is 4.98 Å². The van der Waals surface area contributed by atoms with Crippen molar-refractivity contribution in [2.45, 2.75) is 0 Å². The molecule has 1 aromatic heterocycles. The third-order valence-corrected chi connectivity index (χ3v) is 3.43. The summed E-state index contributed by atoms with van der Waals surface area (Å²) in [5, 5.41) is 4.26. The molecule has 20 heavy (non-hydrogen) atoms. The molecule has 0 radical (unpaired) electrons. The number of ether oxygens (including phenoxy) is 1. The van der Waals surface area contributed by atoms with E-state index in [2.05, 4.69) is 40.6 Å². The van der Waals surface area contributed by atoms with Gasteiger partial charge in [-0.1, -0.05) is 12.1 Å². The van der Waals surface area contributed by atoms with Gasteiger partial charge in [-0.25, -0.2) is 0 Å². The summed E-state index contributed by atoms with van der Waals surface area (Å²) in [5.74, 6) is 0.827. The average molecular weight is 264 g/mol. The summed E-state index contributed by atoms with van der Waals surface area (Å²) >= 11 is 0.